The van der Waals surface area contributed by atoms with Crippen molar-refractivity contribution < 1.29 is 0 Å². The minimum atomic E-state index is 0.214. The van der Waals surface area contributed by atoms with Crippen LogP contribution in [0.15, 0.2) is 66.9 Å². The van der Waals surface area contributed by atoms with Crippen molar-refractivity contribution in [2.24, 2.45) is 5.41 Å². The highest BCUT2D eigenvalue weighted by Crippen LogP contribution is 2.39. The Kier molecular flexibility index (Phi) is 4.44. The Labute approximate surface area is 184 Å². The van der Waals surface area contributed by atoms with E-state index in [2.05, 4.69) is 107 Å². The third kappa shape index (κ3) is 3.05. The number of pyridine rings is 1. The van der Waals surface area contributed by atoms with Gasteiger partial charge in [-0.1, -0.05) is 76.2 Å². The van der Waals surface area contributed by atoms with Gasteiger partial charge in [-0.3, -0.25) is 4.40 Å². The van der Waals surface area contributed by atoms with Gasteiger partial charge in [0.15, 0.2) is 0 Å². The summed E-state index contributed by atoms with van der Waals surface area (Å²) in [7, 11) is 0. The topological polar surface area (TPSA) is 17.3 Å². The lowest BCUT2D eigenvalue weighted by Gasteiger charge is -2.28. The van der Waals surface area contributed by atoms with Crippen LogP contribution < -0.4 is 0 Å². The maximum absolute atomic E-state index is 4.92. The SMILES string of the molecule is Cc1cccc(C)c1-c1cnc2c3ccccc3c3cc(C(C)C(C)(C)C)ccc3n12. The second kappa shape index (κ2) is 6.95. The highest BCUT2D eigenvalue weighted by Gasteiger charge is 2.23. The van der Waals surface area contributed by atoms with Crippen LogP contribution in [0.5, 0.6) is 0 Å². The Morgan fingerprint density at radius 3 is 2.16 bits per heavy atom. The van der Waals surface area contributed by atoms with E-state index < -0.39 is 0 Å². The number of benzene rings is 3. The molecule has 2 heteroatoms. The lowest BCUT2D eigenvalue weighted by molar-refractivity contribution is 0.340. The second-order valence-electron chi connectivity index (χ2n) is 9.98. The van der Waals surface area contributed by atoms with Crippen LogP contribution in [0.1, 0.15) is 50.3 Å². The first-order valence-electron chi connectivity index (χ1n) is 11.2. The Bertz CT molecular complexity index is 1430. The highest BCUT2D eigenvalue weighted by atomic mass is 15.0. The molecular weight excluding hydrogens is 376 g/mol. The fourth-order valence-corrected chi connectivity index (χ4v) is 4.83. The highest BCUT2D eigenvalue weighted by molar-refractivity contribution is 6.12. The molecule has 3 aromatic carbocycles. The van der Waals surface area contributed by atoms with Crippen LogP contribution in [0.4, 0.5) is 0 Å². The fraction of sp³-hybridized carbons (Fsp3) is 0.276. The molecule has 0 saturated heterocycles. The first kappa shape index (κ1) is 19.8. The van der Waals surface area contributed by atoms with E-state index in [1.54, 1.807) is 0 Å². The maximum Gasteiger partial charge on any atom is 0.145 e. The maximum atomic E-state index is 4.92. The molecule has 2 nitrogen and oxygen atoms in total. The van der Waals surface area contributed by atoms with Gasteiger partial charge in [0, 0.05) is 16.3 Å². The summed E-state index contributed by atoms with van der Waals surface area (Å²) in [6.45, 7) is 13.7. The van der Waals surface area contributed by atoms with E-state index in [0.717, 1.165) is 11.3 Å². The molecule has 0 saturated carbocycles. The van der Waals surface area contributed by atoms with Crippen molar-refractivity contribution in [3.05, 3.63) is 83.6 Å². The van der Waals surface area contributed by atoms with E-state index in [9.17, 15) is 0 Å². The van der Waals surface area contributed by atoms with Crippen molar-refractivity contribution in [2.45, 2.75) is 47.5 Å². The van der Waals surface area contributed by atoms with Crippen LogP contribution in [0.25, 0.3) is 38.6 Å². The van der Waals surface area contributed by atoms with Gasteiger partial charge < -0.3 is 0 Å². The lowest BCUT2D eigenvalue weighted by Crippen LogP contribution is -2.15. The third-order valence-corrected chi connectivity index (χ3v) is 7.02. The van der Waals surface area contributed by atoms with Crippen LogP contribution in [-0.2, 0) is 0 Å². The molecule has 5 rings (SSSR count). The van der Waals surface area contributed by atoms with Crippen LogP contribution in [-0.4, -0.2) is 9.38 Å². The summed E-state index contributed by atoms with van der Waals surface area (Å²) < 4.78 is 2.36. The molecule has 0 aliphatic rings. The first-order chi connectivity index (χ1) is 14.8. The second-order valence-corrected chi connectivity index (χ2v) is 9.98. The van der Waals surface area contributed by atoms with Crippen molar-refractivity contribution in [3.8, 4) is 11.3 Å². The molecule has 0 radical (unpaired) electrons. The predicted molar refractivity (Wildman–Crippen MR) is 133 cm³/mol. The lowest BCUT2D eigenvalue weighted by atomic mass is 9.77. The first-order valence-corrected chi connectivity index (χ1v) is 11.2. The largest absolute Gasteiger partial charge is 0.292 e. The average molecular weight is 407 g/mol. The number of rotatable bonds is 2. The zero-order valence-corrected chi connectivity index (χ0v) is 19.3. The number of aryl methyl sites for hydroxylation is 2. The van der Waals surface area contributed by atoms with Crippen LogP contribution in [0, 0.1) is 19.3 Å². The number of hydrogen-bond donors (Lipinski definition) is 0. The average Bonchev–Trinajstić information content (AvgIpc) is 3.17. The smallest absolute Gasteiger partial charge is 0.145 e. The summed E-state index contributed by atoms with van der Waals surface area (Å²) >= 11 is 0. The minimum absolute atomic E-state index is 0.214. The molecule has 2 heterocycles. The van der Waals surface area contributed by atoms with Gasteiger partial charge in [0.05, 0.1) is 17.4 Å². The van der Waals surface area contributed by atoms with Gasteiger partial charge in [0.2, 0.25) is 0 Å². The fourth-order valence-electron chi connectivity index (χ4n) is 4.83. The molecule has 1 unspecified atom stereocenters. The van der Waals surface area contributed by atoms with Gasteiger partial charge in [0.1, 0.15) is 5.65 Å². The van der Waals surface area contributed by atoms with E-state index in [-0.39, 0.29) is 5.41 Å². The minimum Gasteiger partial charge on any atom is -0.292 e. The summed E-state index contributed by atoms with van der Waals surface area (Å²) in [6.07, 6.45) is 2.04. The summed E-state index contributed by atoms with van der Waals surface area (Å²) in [4.78, 5) is 4.92. The summed E-state index contributed by atoms with van der Waals surface area (Å²) in [5.74, 6) is 0.465. The molecule has 0 N–H and O–H groups in total. The van der Waals surface area contributed by atoms with Crippen molar-refractivity contribution in [1.29, 1.82) is 0 Å². The van der Waals surface area contributed by atoms with E-state index in [4.69, 9.17) is 4.98 Å². The predicted octanol–water partition coefficient (Wildman–Crippen LogP) is 8.07. The Balaban J connectivity index is 1.93. The van der Waals surface area contributed by atoms with Gasteiger partial charge in [-0.25, -0.2) is 4.98 Å². The third-order valence-electron chi connectivity index (χ3n) is 7.02. The van der Waals surface area contributed by atoms with Gasteiger partial charge in [-0.15, -0.1) is 0 Å². The van der Waals surface area contributed by atoms with Gasteiger partial charge in [-0.2, -0.15) is 0 Å². The van der Waals surface area contributed by atoms with Gasteiger partial charge in [-0.05, 0) is 59.4 Å². The van der Waals surface area contributed by atoms with Crippen molar-refractivity contribution in [1.82, 2.24) is 9.38 Å². The molecule has 1 atom stereocenters. The number of imidazole rings is 1. The van der Waals surface area contributed by atoms with Gasteiger partial charge >= 0.3 is 0 Å². The molecule has 156 valence electrons. The molecule has 0 amide bonds. The van der Waals surface area contributed by atoms with Crippen LogP contribution in [0.3, 0.4) is 0 Å². The number of fused-ring (bicyclic) bond motifs is 6. The zero-order valence-electron chi connectivity index (χ0n) is 19.3. The van der Waals surface area contributed by atoms with E-state index in [1.165, 1.54) is 43.9 Å². The van der Waals surface area contributed by atoms with E-state index in [1.807, 2.05) is 6.20 Å². The Morgan fingerprint density at radius 2 is 1.48 bits per heavy atom. The van der Waals surface area contributed by atoms with Crippen molar-refractivity contribution in [2.75, 3.05) is 0 Å². The van der Waals surface area contributed by atoms with Gasteiger partial charge in [0.25, 0.3) is 0 Å². The molecule has 0 aliphatic heterocycles. The molecule has 0 fully saturated rings. The molecule has 0 aliphatic carbocycles. The Morgan fingerprint density at radius 1 is 0.806 bits per heavy atom. The molecular formula is C29H30N2. The summed E-state index contributed by atoms with van der Waals surface area (Å²) in [5.41, 5.74) is 8.84. The Hall–Kier alpha value is -3.13. The van der Waals surface area contributed by atoms with E-state index in [0.29, 0.717) is 5.92 Å². The standard InChI is InChI=1S/C29H30N2/c1-18-10-9-11-19(2)27(18)26-17-30-28-23-13-8-7-12-22(23)24-16-21(20(3)29(4,5)6)14-15-25(24)31(26)28/h7-17,20H,1-6H3. The zero-order chi connectivity index (χ0) is 21.9. The monoisotopic (exact) mass is 406 g/mol. The molecule has 0 bridgehead atoms. The number of aromatic nitrogens is 2. The number of hydrogen-bond acceptors (Lipinski definition) is 1. The number of nitrogens with zero attached hydrogens (tertiary/aromatic N) is 2. The van der Waals surface area contributed by atoms with Crippen molar-refractivity contribution >= 4 is 27.3 Å². The molecule has 31 heavy (non-hydrogen) atoms. The quantitative estimate of drug-likeness (QED) is 0.271. The normalized spacial score (nSPS) is 13.4. The van der Waals surface area contributed by atoms with E-state index >= 15 is 0 Å². The molecule has 5 aromatic rings. The summed E-state index contributed by atoms with van der Waals surface area (Å²) in [6, 6.07) is 22.2. The molecule has 0 spiro atoms. The van der Waals surface area contributed by atoms with Crippen LogP contribution in [0.2, 0.25) is 0 Å². The molecule has 2 aromatic heterocycles. The summed E-state index contributed by atoms with van der Waals surface area (Å²) in [5, 5.41) is 3.77. The van der Waals surface area contributed by atoms with Crippen LogP contribution >= 0.6 is 0 Å². The van der Waals surface area contributed by atoms with Crippen molar-refractivity contribution in [3.63, 3.8) is 0 Å².